The Kier molecular flexibility index (Phi) is 9.86. The summed E-state index contributed by atoms with van der Waals surface area (Å²) < 4.78 is 51.3. The lowest BCUT2D eigenvalue weighted by atomic mass is 10.2. The number of carbonyl (C=O) groups is 1. The molecular weight excluding hydrogens is 616 g/mol. The highest BCUT2D eigenvalue weighted by Gasteiger charge is 2.21. The summed E-state index contributed by atoms with van der Waals surface area (Å²) in [6.07, 6.45) is 0. The first-order valence-corrected chi connectivity index (χ1v) is 16.5. The van der Waals surface area contributed by atoms with Crippen LogP contribution in [0.15, 0.2) is 69.1 Å². The fourth-order valence-electron chi connectivity index (χ4n) is 4.44. The van der Waals surface area contributed by atoms with Gasteiger partial charge in [0.05, 0.1) is 54.1 Å². The van der Waals surface area contributed by atoms with Crippen molar-refractivity contribution in [3.8, 4) is 11.5 Å². The number of thioether (sulfide) groups is 1. The highest BCUT2D eigenvalue weighted by atomic mass is 35.5. The monoisotopic (exact) mass is 646 g/mol. The van der Waals surface area contributed by atoms with Crippen LogP contribution in [-0.4, -0.2) is 64.6 Å². The molecule has 0 spiro atoms. The number of nitrogens with one attached hydrogen (secondary N) is 2. The number of sulfonamides is 1. The Balaban J connectivity index is 1.28. The van der Waals surface area contributed by atoms with E-state index in [2.05, 4.69) is 19.9 Å². The van der Waals surface area contributed by atoms with Gasteiger partial charge in [-0.2, -0.15) is 0 Å². The summed E-state index contributed by atoms with van der Waals surface area (Å²) in [6, 6.07) is 14.4. The van der Waals surface area contributed by atoms with Crippen LogP contribution >= 0.6 is 23.4 Å². The Labute approximate surface area is 258 Å². The molecule has 0 bridgehead atoms. The van der Waals surface area contributed by atoms with E-state index < -0.39 is 10.0 Å². The third-order valence-electron chi connectivity index (χ3n) is 6.34. The molecule has 1 aliphatic rings. The zero-order chi connectivity index (χ0) is 30.4. The molecule has 228 valence electrons. The number of fused-ring (bicyclic) bond motifs is 1. The lowest BCUT2D eigenvalue weighted by Crippen LogP contribution is -2.36. The maximum Gasteiger partial charge on any atom is 0.261 e. The van der Waals surface area contributed by atoms with Gasteiger partial charge in [0.1, 0.15) is 17.0 Å². The summed E-state index contributed by atoms with van der Waals surface area (Å²) in [6.45, 7) is 7.37. The van der Waals surface area contributed by atoms with Crippen LogP contribution in [0.4, 0.5) is 17.1 Å². The van der Waals surface area contributed by atoms with Crippen LogP contribution in [0.2, 0.25) is 5.02 Å². The first-order valence-electron chi connectivity index (χ1n) is 13.6. The molecular formula is C29H31ClN4O7S2. The van der Waals surface area contributed by atoms with Gasteiger partial charge >= 0.3 is 0 Å². The molecule has 0 radical (unpaired) electrons. The predicted molar refractivity (Wildman–Crippen MR) is 167 cm³/mol. The number of hydrogen-bond donors (Lipinski definition) is 2. The van der Waals surface area contributed by atoms with Crippen molar-refractivity contribution in [2.45, 2.75) is 24.0 Å². The van der Waals surface area contributed by atoms with Crippen molar-refractivity contribution >= 4 is 67.5 Å². The van der Waals surface area contributed by atoms with E-state index in [-0.39, 0.29) is 21.8 Å². The zero-order valence-electron chi connectivity index (χ0n) is 23.6. The molecule has 0 atom stereocenters. The van der Waals surface area contributed by atoms with Gasteiger partial charge in [0.15, 0.2) is 5.58 Å². The Bertz CT molecular complexity index is 1710. The van der Waals surface area contributed by atoms with Gasteiger partial charge in [-0.1, -0.05) is 29.4 Å². The molecule has 1 saturated heterocycles. The minimum atomic E-state index is -3.89. The Morgan fingerprint density at radius 1 is 1.05 bits per heavy atom. The van der Waals surface area contributed by atoms with Crippen LogP contribution in [0.5, 0.6) is 11.5 Å². The molecule has 5 rings (SSSR count). The number of amides is 1. The second-order valence-corrected chi connectivity index (χ2v) is 12.4. The topological polar surface area (TPSA) is 132 Å². The highest BCUT2D eigenvalue weighted by Crippen LogP contribution is 2.39. The van der Waals surface area contributed by atoms with E-state index in [1.54, 1.807) is 24.3 Å². The highest BCUT2D eigenvalue weighted by molar-refractivity contribution is 7.99. The summed E-state index contributed by atoms with van der Waals surface area (Å²) >= 11 is 7.06. The summed E-state index contributed by atoms with van der Waals surface area (Å²) in [7, 11) is -3.89. The van der Waals surface area contributed by atoms with Crippen molar-refractivity contribution in [3.05, 3.63) is 59.6 Å². The largest absolute Gasteiger partial charge is 0.492 e. The third kappa shape index (κ3) is 7.66. The first-order chi connectivity index (χ1) is 20.8. The average molecular weight is 647 g/mol. The first kappa shape index (κ1) is 30.8. The molecule has 4 aromatic rings. The normalized spacial score (nSPS) is 13.6. The van der Waals surface area contributed by atoms with Crippen LogP contribution < -0.4 is 24.4 Å². The van der Waals surface area contributed by atoms with Crippen molar-refractivity contribution in [1.29, 1.82) is 0 Å². The maximum atomic E-state index is 13.0. The number of benzene rings is 3. The van der Waals surface area contributed by atoms with E-state index in [4.69, 9.17) is 30.2 Å². The van der Waals surface area contributed by atoms with Crippen molar-refractivity contribution in [2.75, 3.05) is 60.2 Å². The lowest BCUT2D eigenvalue weighted by Gasteiger charge is -2.31. The van der Waals surface area contributed by atoms with Crippen molar-refractivity contribution < 1.29 is 31.8 Å². The molecule has 0 aliphatic carbocycles. The van der Waals surface area contributed by atoms with Gasteiger partial charge in [-0.3, -0.25) is 9.52 Å². The van der Waals surface area contributed by atoms with E-state index in [1.807, 2.05) is 19.9 Å². The minimum Gasteiger partial charge on any atom is -0.492 e. The molecule has 11 nitrogen and oxygen atoms in total. The smallest absolute Gasteiger partial charge is 0.261 e. The predicted octanol–water partition coefficient (Wildman–Crippen LogP) is 5.65. The summed E-state index contributed by atoms with van der Waals surface area (Å²) in [5.41, 5.74) is 2.45. The number of carbonyl (C=O) groups excluding carboxylic acids is 1. The Morgan fingerprint density at radius 2 is 1.81 bits per heavy atom. The summed E-state index contributed by atoms with van der Waals surface area (Å²) in [5, 5.41) is 3.55. The number of rotatable bonds is 12. The molecule has 0 saturated carbocycles. The number of oxazole rings is 1. The minimum absolute atomic E-state index is 0.00491. The molecule has 1 amide bonds. The third-order valence-corrected chi connectivity index (χ3v) is 8.78. The van der Waals surface area contributed by atoms with Gasteiger partial charge in [0.2, 0.25) is 5.91 Å². The average Bonchev–Trinajstić information content (AvgIpc) is 3.40. The molecule has 3 aromatic carbocycles. The number of nitrogens with zero attached hydrogens (tertiary/aromatic N) is 2. The van der Waals surface area contributed by atoms with Crippen LogP contribution in [0, 0.1) is 0 Å². The SMILES string of the molecule is CCOc1cc(N2CCOCC2)c(OCC)cc1NC(=O)CSc1nc2cc(S(=O)(=O)Nc3cccc(Cl)c3)ccc2o1. The van der Waals surface area contributed by atoms with Gasteiger partial charge in [-0.25, -0.2) is 13.4 Å². The Hall–Kier alpha value is -3.65. The number of anilines is 3. The van der Waals surface area contributed by atoms with Gasteiger partial charge in [0, 0.05) is 30.2 Å². The number of morpholine rings is 1. The van der Waals surface area contributed by atoms with Crippen LogP contribution in [0.25, 0.3) is 11.1 Å². The van der Waals surface area contributed by atoms with E-state index in [1.165, 1.54) is 24.3 Å². The van der Waals surface area contributed by atoms with Crippen LogP contribution in [0.3, 0.4) is 0 Å². The van der Waals surface area contributed by atoms with E-state index in [9.17, 15) is 13.2 Å². The number of halogens is 1. The number of hydrogen-bond acceptors (Lipinski definition) is 10. The molecule has 2 N–H and O–H groups in total. The van der Waals surface area contributed by atoms with Crippen LogP contribution in [-0.2, 0) is 19.6 Å². The fourth-order valence-corrected chi connectivity index (χ4v) is 6.34. The van der Waals surface area contributed by atoms with Gasteiger partial charge < -0.3 is 28.8 Å². The second kappa shape index (κ2) is 13.8. The van der Waals surface area contributed by atoms with E-state index in [0.717, 1.165) is 30.5 Å². The van der Waals surface area contributed by atoms with Gasteiger partial charge in [-0.05, 0) is 50.2 Å². The summed E-state index contributed by atoms with van der Waals surface area (Å²) in [5.74, 6) is 0.872. The Morgan fingerprint density at radius 3 is 2.56 bits per heavy atom. The zero-order valence-corrected chi connectivity index (χ0v) is 26.0. The van der Waals surface area contributed by atoms with E-state index in [0.29, 0.717) is 65.4 Å². The van der Waals surface area contributed by atoms with Gasteiger partial charge in [0.25, 0.3) is 15.2 Å². The maximum absolute atomic E-state index is 13.0. The van der Waals surface area contributed by atoms with Crippen molar-refractivity contribution in [1.82, 2.24) is 4.98 Å². The fraction of sp³-hybridized carbons (Fsp3) is 0.310. The standard InChI is InChI=1S/C29H31ClN4O7S2/c1-3-39-26-17-24(34-10-12-38-13-11-34)27(40-4-2)16-23(26)31-28(35)18-42-29-32-22-15-21(8-9-25(22)41-29)43(36,37)33-20-7-5-6-19(30)14-20/h5-9,14-17,33H,3-4,10-13,18H2,1-2H3,(H,31,35). The van der Waals surface area contributed by atoms with Crippen molar-refractivity contribution in [2.24, 2.45) is 0 Å². The van der Waals surface area contributed by atoms with Crippen LogP contribution in [0.1, 0.15) is 13.8 Å². The second-order valence-electron chi connectivity index (χ2n) is 9.34. The molecule has 2 heterocycles. The summed E-state index contributed by atoms with van der Waals surface area (Å²) in [4.78, 5) is 19.5. The van der Waals surface area contributed by atoms with E-state index >= 15 is 0 Å². The molecule has 1 aliphatic heterocycles. The quantitative estimate of drug-likeness (QED) is 0.186. The molecule has 1 fully saturated rings. The molecule has 0 unspecified atom stereocenters. The number of ether oxygens (including phenoxy) is 3. The number of aromatic nitrogens is 1. The lowest BCUT2D eigenvalue weighted by molar-refractivity contribution is -0.113. The molecule has 43 heavy (non-hydrogen) atoms. The molecule has 1 aromatic heterocycles. The van der Waals surface area contributed by atoms with Crippen molar-refractivity contribution in [3.63, 3.8) is 0 Å². The molecule has 14 heteroatoms. The van der Waals surface area contributed by atoms with Gasteiger partial charge in [-0.15, -0.1) is 0 Å².